The zero-order valence-corrected chi connectivity index (χ0v) is 26.6. The predicted molar refractivity (Wildman–Crippen MR) is 198 cm³/mol. The molecule has 234 valence electrons. The molecule has 2 aromatic heterocycles. The van der Waals surface area contributed by atoms with Crippen LogP contribution in [0.5, 0.6) is 5.75 Å². The molecule has 8 aromatic carbocycles. The van der Waals surface area contributed by atoms with Crippen molar-refractivity contribution in [3.63, 3.8) is 0 Å². The van der Waals surface area contributed by atoms with E-state index >= 15 is 0 Å². The molecule has 4 nitrogen and oxygen atoms in total. The van der Waals surface area contributed by atoms with Crippen LogP contribution in [0.15, 0.2) is 160 Å². The fourth-order valence-corrected chi connectivity index (χ4v) is 9.09. The molecule has 3 heterocycles. The van der Waals surface area contributed by atoms with E-state index in [1.54, 1.807) is 0 Å². The number of furan rings is 2. The Morgan fingerprint density at radius 2 is 0.920 bits per heavy atom. The average molecular weight is 643 g/mol. The van der Waals surface area contributed by atoms with Crippen molar-refractivity contribution < 1.29 is 18.7 Å². The monoisotopic (exact) mass is 642 g/mol. The lowest BCUT2D eigenvalue weighted by Crippen LogP contribution is -2.51. The highest BCUT2D eigenvalue weighted by Gasteiger charge is 2.58. The second kappa shape index (κ2) is 9.00. The van der Waals surface area contributed by atoms with Gasteiger partial charge in [-0.2, -0.15) is 0 Å². The van der Waals surface area contributed by atoms with Gasteiger partial charge in [0.1, 0.15) is 33.7 Å². The normalized spacial score (nSPS) is 19.2. The van der Waals surface area contributed by atoms with Crippen molar-refractivity contribution in [1.29, 1.82) is 0 Å². The Balaban J connectivity index is 1.13. The first-order chi connectivity index (χ1) is 24.6. The molecule has 0 fully saturated rings. The van der Waals surface area contributed by atoms with Gasteiger partial charge in [0.05, 0.1) is 0 Å². The van der Waals surface area contributed by atoms with Crippen LogP contribution in [-0.4, -0.2) is 5.11 Å². The molecule has 0 bridgehead atoms. The average Bonchev–Trinajstić information content (AvgIpc) is 3.73. The largest absolute Gasteiger partial charge is 0.472 e. The maximum Gasteiger partial charge on any atom is 0.189 e. The minimum absolute atomic E-state index is 0.776. The summed E-state index contributed by atoms with van der Waals surface area (Å²) in [4.78, 5) is 0. The molecule has 1 aliphatic carbocycles. The fraction of sp³-hybridized carbons (Fsp3) is 0.0435. The van der Waals surface area contributed by atoms with Crippen LogP contribution in [0.2, 0.25) is 0 Å². The van der Waals surface area contributed by atoms with E-state index in [2.05, 4.69) is 91.0 Å². The van der Waals surface area contributed by atoms with Crippen molar-refractivity contribution in [3.8, 4) is 5.75 Å². The smallest absolute Gasteiger partial charge is 0.189 e. The summed E-state index contributed by atoms with van der Waals surface area (Å²) in [6.07, 6.45) is 0. The molecule has 12 rings (SSSR count). The maximum atomic E-state index is 13.3. The Morgan fingerprint density at radius 3 is 1.56 bits per heavy atom. The van der Waals surface area contributed by atoms with Crippen molar-refractivity contribution in [2.75, 3.05) is 0 Å². The summed E-state index contributed by atoms with van der Waals surface area (Å²) >= 11 is 0. The minimum atomic E-state index is -1.46. The number of ether oxygens (including phenoxy) is 1. The van der Waals surface area contributed by atoms with Gasteiger partial charge in [0, 0.05) is 55.4 Å². The second-order valence-corrected chi connectivity index (χ2v) is 13.7. The summed E-state index contributed by atoms with van der Waals surface area (Å²) in [5.41, 5.74) is 6.19. The summed E-state index contributed by atoms with van der Waals surface area (Å²) < 4.78 is 19.7. The van der Waals surface area contributed by atoms with E-state index in [1.807, 2.05) is 60.7 Å². The van der Waals surface area contributed by atoms with Crippen LogP contribution in [0.3, 0.4) is 0 Å². The Hall–Kier alpha value is -6.36. The molecule has 0 unspecified atom stereocenters. The Bertz CT molecular complexity index is 3010. The van der Waals surface area contributed by atoms with Crippen molar-refractivity contribution in [2.45, 2.75) is 11.2 Å². The first-order valence-electron chi connectivity index (χ1n) is 17.0. The molecule has 0 amide bonds. The molecule has 1 aliphatic heterocycles. The highest BCUT2D eigenvalue weighted by atomic mass is 16.5. The standard InChI is InChI=1S/C46H26O4/c47-45(28-19-22-38-31(23-28)43-29-11-3-1-9-26(29)17-20-39(43)48-38)33-13-5-7-15-35(33)46(36-16-8-6-14-34(36)45)37-24-32-41(25-42(37)50-46)49-40-21-18-27-10-2-4-12-30(27)44(32)40/h1-25,47H. The van der Waals surface area contributed by atoms with Crippen LogP contribution < -0.4 is 4.74 Å². The topological polar surface area (TPSA) is 55.7 Å². The molecule has 4 heteroatoms. The zero-order valence-electron chi connectivity index (χ0n) is 26.6. The van der Waals surface area contributed by atoms with E-state index in [0.29, 0.717) is 0 Å². The molecule has 0 atom stereocenters. The third-order valence-electron chi connectivity index (χ3n) is 11.3. The molecule has 1 spiro atoms. The van der Waals surface area contributed by atoms with Gasteiger partial charge >= 0.3 is 0 Å². The number of benzene rings is 8. The molecule has 0 saturated carbocycles. The maximum absolute atomic E-state index is 13.3. The van der Waals surface area contributed by atoms with E-state index in [-0.39, 0.29) is 0 Å². The zero-order chi connectivity index (χ0) is 32.8. The number of hydrogen-bond donors (Lipinski definition) is 1. The lowest BCUT2D eigenvalue weighted by molar-refractivity contribution is 0.0599. The first-order valence-corrected chi connectivity index (χ1v) is 17.0. The van der Waals surface area contributed by atoms with Gasteiger partial charge in [0.2, 0.25) is 0 Å². The molecular weight excluding hydrogens is 617 g/mol. The summed E-state index contributed by atoms with van der Waals surface area (Å²) in [5.74, 6) is 0.786. The fourth-order valence-electron chi connectivity index (χ4n) is 9.09. The summed E-state index contributed by atoms with van der Waals surface area (Å²) in [7, 11) is 0. The molecule has 0 saturated heterocycles. The first kappa shape index (κ1) is 26.6. The molecule has 1 N–H and O–H groups in total. The Kier molecular flexibility index (Phi) is 4.78. The van der Waals surface area contributed by atoms with Gasteiger partial charge in [-0.05, 0) is 57.4 Å². The molecule has 2 aliphatic rings. The van der Waals surface area contributed by atoms with E-state index in [1.165, 1.54) is 5.39 Å². The Labute approximate surface area is 285 Å². The summed E-state index contributed by atoms with van der Waals surface area (Å²) in [6, 6.07) is 51.9. The number of aliphatic hydroxyl groups is 1. The predicted octanol–water partition coefficient (Wildman–Crippen LogP) is 11.1. The van der Waals surface area contributed by atoms with Gasteiger partial charge in [0.25, 0.3) is 0 Å². The molecular formula is C46H26O4. The SMILES string of the molecule is OC1(c2ccc3oc4ccc5ccccc5c4c3c2)c2ccccc2C2(Oc3cc4oc5ccc6ccccc6c5c4cc32)c2ccccc21. The van der Waals surface area contributed by atoms with E-state index in [0.717, 1.165) is 99.2 Å². The molecule has 50 heavy (non-hydrogen) atoms. The van der Waals surface area contributed by atoms with Crippen LogP contribution >= 0.6 is 0 Å². The van der Waals surface area contributed by atoms with Crippen LogP contribution in [0.1, 0.15) is 33.4 Å². The third kappa shape index (κ3) is 3.07. The second-order valence-electron chi connectivity index (χ2n) is 13.7. The van der Waals surface area contributed by atoms with Crippen LogP contribution in [0, 0.1) is 0 Å². The summed E-state index contributed by atoms with van der Waals surface area (Å²) in [5, 5.41) is 22.1. The van der Waals surface area contributed by atoms with Gasteiger partial charge in [0.15, 0.2) is 5.60 Å². The number of rotatable bonds is 1. The molecule has 0 radical (unpaired) electrons. The van der Waals surface area contributed by atoms with Crippen molar-refractivity contribution >= 4 is 65.4 Å². The highest BCUT2D eigenvalue weighted by Crippen LogP contribution is 2.61. The van der Waals surface area contributed by atoms with E-state index < -0.39 is 11.2 Å². The highest BCUT2D eigenvalue weighted by molar-refractivity contribution is 6.20. The van der Waals surface area contributed by atoms with Crippen LogP contribution in [-0.2, 0) is 11.2 Å². The lowest BCUT2D eigenvalue weighted by atomic mass is 9.61. The van der Waals surface area contributed by atoms with Crippen molar-refractivity contribution in [3.05, 3.63) is 185 Å². The van der Waals surface area contributed by atoms with E-state index in [9.17, 15) is 5.11 Å². The summed E-state index contributed by atoms with van der Waals surface area (Å²) in [6.45, 7) is 0. The Morgan fingerprint density at radius 1 is 0.400 bits per heavy atom. The molecule has 10 aromatic rings. The quantitative estimate of drug-likeness (QED) is 0.194. The van der Waals surface area contributed by atoms with Gasteiger partial charge in [-0.25, -0.2) is 0 Å². The minimum Gasteiger partial charge on any atom is -0.472 e. The van der Waals surface area contributed by atoms with Crippen molar-refractivity contribution in [2.24, 2.45) is 0 Å². The van der Waals surface area contributed by atoms with Crippen LogP contribution in [0.25, 0.3) is 65.4 Å². The van der Waals surface area contributed by atoms with Crippen LogP contribution in [0.4, 0.5) is 0 Å². The van der Waals surface area contributed by atoms with Gasteiger partial charge in [-0.3, -0.25) is 0 Å². The lowest BCUT2D eigenvalue weighted by Gasteiger charge is -2.52. The van der Waals surface area contributed by atoms with Gasteiger partial charge in [-0.1, -0.05) is 115 Å². The van der Waals surface area contributed by atoms with E-state index in [4.69, 9.17) is 13.6 Å². The van der Waals surface area contributed by atoms with Gasteiger partial charge < -0.3 is 18.7 Å². The third-order valence-corrected chi connectivity index (χ3v) is 11.3. The number of fused-ring (bicyclic) bond motifs is 16. The van der Waals surface area contributed by atoms with Gasteiger partial charge in [-0.15, -0.1) is 0 Å². The number of hydrogen-bond acceptors (Lipinski definition) is 4. The van der Waals surface area contributed by atoms with Crippen molar-refractivity contribution in [1.82, 2.24) is 0 Å².